The predicted molar refractivity (Wildman–Crippen MR) is 100 cm³/mol. The van der Waals surface area contributed by atoms with Crippen LogP contribution < -0.4 is 15.4 Å². The minimum atomic E-state index is -0.532. The molecule has 27 heavy (non-hydrogen) atoms. The predicted octanol–water partition coefficient (Wildman–Crippen LogP) is 2.51. The van der Waals surface area contributed by atoms with Crippen LogP contribution in [0.15, 0.2) is 54.2 Å². The molecule has 2 rings (SSSR count). The highest BCUT2D eigenvalue weighted by Crippen LogP contribution is 2.18. The first-order valence-electron chi connectivity index (χ1n) is 8.15. The Bertz CT molecular complexity index is 892. The number of benzene rings is 2. The van der Waals surface area contributed by atoms with Crippen LogP contribution in [0.2, 0.25) is 0 Å². The van der Waals surface area contributed by atoms with Gasteiger partial charge in [0.15, 0.2) is 0 Å². The number of hydrogen-bond donors (Lipinski definition) is 2. The van der Waals surface area contributed by atoms with Gasteiger partial charge < -0.3 is 15.4 Å². The number of para-hydroxylation sites is 1. The van der Waals surface area contributed by atoms with E-state index in [1.807, 2.05) is 0 Å². The maximum atomic E-state index is 12.6. The van der Waals surface area contributed by atoms with Gasteiger partial charge in [-0.05, 0) is 30.7 Å². The van der Waals surface area contributed by atoms with E-state index in [0.717, 1.165) is 0 Å². The lowest BCUT2D eigenvalue weighted by atomic mass is 10.1. The molecule has 8 heteroatoms. The first-order chi connectivity index (χ1) is 13.0. The Labute approximate surface area is 156 Å². The van der Waals surface area contributed by atoms with E-state index in [9.17, 15) is 19.7 Å². The fourth-order valence-electron chi connectivity index (χ4n) is 2.33. The van der Waals surface area contributed by atoms with Crippen molar-refractivity contribution in [2.45, 2.75) is 6.92 Å². The number of non-ortho nitro benzene ring substituents is 1. The Hall–Kier alpha value is -3.68. The molecule has 2 aromatic carbocycles. The molecular formula is C19H19N3O5. The number of hydrogen-bond acceptors (Lipinski definition) is 5. The second kappa shape index (κ2) is 9.14. The zero-order valence-electron chi connectivity index (χ0n) is 14.9. The summed E-state index contributed by atoms with van der Waals surface area (Å²) in [5.41, 5.74) is 0.517. The Morgan fingerprint density at radius 2 is 1.93 bits per heavy atom. The van der Waals surface area contributed by atoms with Gasteiger partial charge in [-0.3, -0.25) is 19.7 Å². The minimum Gasteiger partial charge on any atom is -0.496 e. The zero-order valence-corrected chi connectivity index (χ0v) is 14.9. The fourth-order valence-corrected chi connectivity index (χ4v) is 2.33. The first-order valence-corrected chi connectivity index (χ1v) is 8.15. The van der Waals surface area contributed by atoms with Crippen LogP contribution in [0.1, 0.15) is 22.8 Å². The molecule has 0 bridgehead atoms. The van der Waals surface area contributed by atoms with Crippen LogP contribution in [-0.4, -0.2) is 30.4 Å². The van der Waals surface area contributed by atoms with E-state index in [-0.39, 0.29) is 16.9 Å². The third kappa shape index (κ3) is 5.15. The van der Waals surface area contributed by atoms with Crippen LogP contribution in [0.3, 0.4) is 0 Å². The highest BCUT2D eigenvalue weighted by atomic mass is 16.6. The summed E-state index contributed by atoms with van der Waals surface area (Å²) in [5.74, 6) is -0.678. The number of amides is 2. The number of nitro benzene ring substituents is 1. The monoisotopic (exact) mass is 369 g/mol. The smallest absolute Gasteiger partial charge is 0.270 e. The largest absolute Gasteiger partial charge is 0.496 e. The van der Waals surface area contributed by atoms with Gasteiger partial charge in [0.2, 0.25) is 0 Å². The normalized spacial score (nSPS) is 10.8. The van der Waals surface area contributed by atoms with Gasteiger partial charge in [0.25, 0.3) is 17.5 Å². The summed E-state index contributed by atoms with van der Waals surface area (Å²) in [6.45, 7) is 2.10. The molecule has 0 saturated heterocycles. The molecule has 0 aliphatic carbocycles. The van der Waals surface area contributed by atoms with Crippen molar-refractivity contribution >= 4 is 23.6 Å². The van der Waals surface area contributed by atoms with Crippen LogP contribution in [0.4, 0.5) is 5.69 Å². The topological polar surface area (TPSA) is 111 Å². The number of nitrogens with zero attached hydrogens (tertiary/aromatic N) is 1. The van der Waals surface area contributed by atoms with Crippen LogP contribution in [0.5, 0.6) is 5.75 Å². The van der Waals surface area contributed by atoms with Gasteiger partial charge in [-0.15, -0.1) is 0 Å². The molecule has 0 aromatic heterocycles. The van der Waals surface area contributed by atoms with Gasteiger partial charge in [-0.2, -0.15) is 0 Å². The standard InChI is InChI=1S/C19H19N3O5/c1-3-20-19(24)16(12-13-7-6-8-14(11-13)22(25)26)21-18(23)15-9-4-5-10-17(15)27-2/h4-12H,3H2,1-2H3,(H,20,24)(H,21,23). The number of methoxy groups -OCH3 is 1. The molecule has 8 nitrogen and oxygen atoms in total. The third-order valence-electron chi connectivity index (χ3n) is 3.57. The number of nitrogens with one attached hydrogen (secondary N) is 2. The van der Waals surface area contributed by atoms with Gasteiger partial charge in [0.1, 0.15) is 11.4 Å². The van der Waals surface area contributed by atoms with Gasteiger partial charge in [0.05, 0.1) is 17.6 Å². The van der Waals surface area contributed by atoms with Crippen molar-refractivity contribution in [2.75, 3.05) is 13.7 Å². The number of ether oxygens (including phenoxy) is 1. The van der Waals surface area contributed by atoms with E-state index in [4.69, 9.17) is 4.74 Å². The molecule has 0 radical (unpaired) electrons. The summed E-state index contributed by atoms with van der Waals surface area (Å²) in [6, 6.07) is 12.3. The number of carbonyl (C=O) groups excluding carboxylic acids is 2. The quantitative estimate of drug-likeness (QED) is 0.443. The second-order valence-electron chi connectivity index (χ2n) is 5.42. The molecule has 0 saturated carbocycles. The summed E-state index contributed by atoms with van der Waals surface area (Å²) in [5, 5.41) is 16.1. The molecule has 0 aliphatic rings. The fraction of sp³-hybridized carbons (Fsp3) is 0.158. The van der Waals surface area contributed by atoms with Crippen molar-refractivity contribution < 1.29 is 19.2 Å². The van der Waals surface area contributed by atoms with Crippen molar-refractivity contribution in [3.05, 3.63) is 75.5 Å². The molecule has 0 fully saturated rings. The van der Waals surface area contributed by atoms with Gasteiger partial charge in [0, 0.05) is 18.7 Å². The highest BCUT2D eigenvalue weighted by Gasteiger charge is 2.17. The maximum absolute atomic E-state index is 12.6. The summed E-state index contributed by atoms with van der Waals surface area (Å²) >= 11 is 0. The number of carbonyl (C=O) groups is 2. The average Bonchev–Trinajstić information content (AvgIpc) is 2.67. The van der Waals surface area contributed by atoms with E-state index in [2.05, 4.69) is 10.6 Å². The Morgan fingerprint density at radius 1 is 1.19 bits per heavy atom. The molecule has 0 heterocycles. The highest BCUT2D eigenvalue weighted by molar-refractivity contribution is 6.06. The Morgan fingerprint density at radius 3 is 2.59 bits per heavy atom. The lowest BCUT2D eigenvalue weighted by Crippen LogP contribution is -2.34. The lowest BCUT2D eigenvalue weighted by molar-refractivity contribution is -0.384. The molecule has 2 aromatic rings. The molecule has 0 unspecified atom stereocenters. The summed E-state index contributed by atoms with van der Waals surface area (Å²) in [7, 11) is 1.44. The molecule has 2 amide bonds. The van der Waals surface area contributed by atoms with Gasteiger partial charge in [-0.1, -0.05) is 24.3 Å². The average molecular weight is 369 g/mol. The molecule has 0 atom stereocenters. The van der Waals surface area contributed by atoms with E-state index >= 15 is 0 Å². The Kier molecular flexibility index (Phi) is 6.65. The number of rotatable bonds is 7. The van der Waals surface area contributed by atoms with Crippen LogP contribution in [-0.2, 0) is 4.79 Å². The van der Waals surface area contributed by atoms with E-state index in [0.29, 0.717) is 17.9 Å². The third-order valence-corrected chi connectivity index (χ3v) is 3.57. The molecule has 2 N–H and O–H groups in total. The van der Waals surface area contributed by atoms with Crippen LogP contribution >= 0.6 is 0 Å². The van der Waals surface area contributed by atoms with E-state index < -0.39 is 16.7 Å². The molecular weight excluding hydrogens is 350 g/mol. The van der Waals surface area contributed by atoms with Gasteiger partial charge >= 0.3 is 0 Å². The van der Waals surface area contributed by atoms with E-state index in [1.165, 1.54) is 31.4 Å². The van der Waals surface area contributed by atoms with Crippen molar-refractivity contribution in [1.82, 2.24) is 10.6 Å². The van der Waals surface area contributed by atoms with Crippen molar-refractivity contribution in [3.63, 3.8) is 0 Å². The minimum absolute atomic E-state index is 0.0340. The first kappa shape index (κ1) is 19.6. The summed E-state index contributed by atoms with van der Waals surface area (Å²) in [4.78, 5) is 35.3. The maximum Gasteiger partial charge on any atom is 0.270 e. The molecule has 0 aliphatic heterocycles. The lowest BCUT2D eigenvalue weighted by Gasteiger charge is -2.12. The summed E-state index contributed by atoms with van der Waals surface area (Å²) < 4.78 is 5.16. The second-order valence-corrected chi connectivity index (χ2v) is 5.42. The van der Waals surface area contributed by atoms with Crippen LogP contribution in [0.25, 0.3) is 6.08 Å². The van der Waals surface area contributed by atoms with Crippen molar-refractivity contribution in [3.8, 4) is 5.75 Å². The number of likely N-dealkylation sites (N-methyl/N-ethyl adjacent to an activating group) is 1. The van der Waals surface area contributed by atoms with Gasteiger partial charge in [-0.25, -0.2) is 0 Å². The SMILES string of the molecule is CCNC(=O)C(=Cc1cccc([N+](=O)[O-])c1)NC(=O)c1ccccc1OC. The summed E-state index contributed by atoms with van der Waals surface area (Å²) in [6.07, 6.45) is 1.38. The zero-order chi connectivity index (χ0) is 19.8. The molecule has 0 spiro atoms. The van der Waals surface area contributed by atoms with E-state index in [1.54, 1.807) is 37.3 Å². The Balaban J connectivity index is 2.37. The van der Waals surface area contributed by atoms with Crippen LogP contribution in [0, 0.1) is 10.1 Å². The van der Waals surface area contributed by atoms with Crippen molar-refractivity contribution in [1.29, 1.82) is 0 Å². The van der Waals surface area contributed by atoms with Crippen molar-refractivity contribution in [2.24, 2.45) is 0 Å². The number of nitro groups is 1. The molecule has 140 valence electrons.